The van der Waals surface area contributed by atoms with Crippen molar-refractivity contribution in [2.24, 2.45) is 0 Å². The second-order valence-corrected chi connectivity index (χ2v) is 6.99. The van der Waals surface area contributed by atoms with Crippen LogP contribution < -0.4 is 0 Å². The lowest BCUT2D eigenvalue weighted by Gasteiger charge is -2.34. The Labute approximate surface area is 165 Å². The molecule has 0 spiro atoms. The third-order valence-electron chi connectivity index (χ3n) is 4.35. The van der Waals surface area contributed by atoms with Gasteiger partial charge >= 0.3 is 0 Å². The summed E-state index contributed by atoms with van der Waals surface area (Å²) in [7, 11) is 0. The number of imidazole rings is 1. The SMILES string of the molecule is Cl.O=C1C(c2cccc(Br)c2)n2cncc2CN1Cc1cccc(F)c1. The summed E-state index contributed by atoms with van der Waals surface area (Å²) in [5.41, 5.74) is 2.62. The highest BCUT2D eigenvalue weighted by molar-refractivity contribution is 9.10. The van der Waals surface area contributed by atoms with E-state index in [1.54, 1.807) is 23.5 Å². The molecule has 3 aromatic rings. The fourth-order valence-electron chi connectivity index (χ4n) is 3.22. The smallest absolute Gasteiger partial charge is 0.250 e. The Morgan fingerprint density at radius 1 is 1.19 bits per heavy atom. The number of fused-ring (bicyclic) bond motifs is 1. The maximum atomic E-state index is 13.5. The Balaban J connectivity index is 0.00000196. The third-order valence-corrected chi connectivity index (χ3v) is 4.84. The van der Waals surface area contributed by atoms with Crippen LogP contribution in [0.2, 0.25) is 0 Å². The Hall–Kier alpha value is -2.18. The first-order chi connectivity index (χ1) is 12.1. The zero-order valence-electron chi connectivity index (χ0n) is 13.7. The number of carbonyl (C=O) groups is 1. The summed E-state index contributed by atoms with van der Waals surface area (Å²) in [5, 5.41) is 0. The second-order valence-electron chi connectivity index (χ2n) is 6.07. The van der Waals surface area contributed by atoms with Gasteiger partial charge in [0, 0.05) is 17.2 Å². The molecule has 0 saturated carbocycles. The Kier molecular flexibility index (Phi) is 5.44. The first-order valence-electron chi connectivity index (χ1n) is 7.91. The van der Waals surface area contributed by atoms with Crippen LogP contribution in [0.15, 0.2) is 65.5 Å². The number of amides is 1. The van der Waals surface area contributed by atoms with E-state index in [-0.39, 0.29) is 24.1 Å². The molecule has 0 bridgehead atoms. The maximum absolute atomic E-state index is 13.5. The predicted octanol–water partition coefficient (Wildman–Crippen LogP) is 4.34. The van der Waals surface area contributed by atoms with Crippen molar-refractivity contribution in [3.05, 3.63) is 88.2 Å². The highest BCUT2D eigenvalue weighted by Gasteiger charge is 2.34. The quantitative estimate of drug-likeness (QED) is 0.613. The van der Waals surface area contributed by atoms with Crippen molar-refractivity contribution in [1.29, 1.82) is 0 Å². The molecule has 1 aliphatic rings. The van der Waals surface area contributed by atoms with E-state index < -0.39 is 6.04 Å². The van der Waals surface area contributed by atoms with Gasteiger partial charge < -0.3 is 9.47 Å². The normalized spacial score (nSPS) is 16.2. The van der Waals surface area contributed by atoms with Gasteiger partial charge in [0.2, 0.25) is 0 Å². The zero-order valence-corrected chi connectivity index (χ0v) is 16.1. The van der Waals surface area contributed by atoms with E-state index in [0.29, 0.717) is 13.1 Å². The highest BCUT2D eigenvalue weighted by atomic mass is 79.9. The van der Waals surface area contributed by atoms with Gasteiger partial charge in [0.05, 0.1) is 18.6 Å². The van der Waals surface area contributed by atoms with Gasteiger partial charge in [0.1, 0.15) is 11.9 Å². The van der Waals surface area contributed by atoms with Crippen LogP contribution in [0.1, 0.15) is 22.9 Å². The number of rotatable bonds is 3. The summed E-state index contributed by atoms with van der Waals surface area (Å²) >= 11 is 3.46. The summed E-state index contributed by atoms with van der Waals surface area (Å²) in [5.74, 6) is -0.316. The number of benzene rings is 2. The lowest BCUT2D eigenvalue weighted by molar-refractivity contribution is -0.136. The topological polar surface area (TPSA) is 38.1 Å². The molecule has 0 aliphatic carbocycles. The van der Waals surface area contributed by atoms with Crippen LogP contribution >= 0.6 is 28.3 Å². The molecule has 1 atom stereocenters. The molecule has 0 N–H and O–H groups in total. The molecule has 2 aromatic carbocycles. The van der Waals surface area contributed by atoms with Crippen LogP contribution in [0.25, 0.3) is 0 Å². The molecule has 1 aromatic heterocycles. The van der Waals surface area contributed by atoms with Gasteiger partial charge in [-0.1, -0.05) is 40.2 Å². The molecule has 26 heavy (non-hydrogen) atoms. The van der Waals surface area contributed by atoms with E-state index in [2.05, 4.69) is 20.9 Å². The molecule has 1 aliphatic heterocycles. The van der Waals surface area contributed by atoms with Gasteiger partial charge in [-0.05, 0) is 35.4 Å². The molecule has 7 heteroatoms. The molecule has 4 rings (SSSR count). The van der Waals surface area contributed by atoms with Gasteiger partial charge in [-0.25, -0.2) is 9.37 Å². The van der Waals surface area contributed by atoms with Crippen molar-refractivity contribution >= 4 is 34.2 Å². The van der Waals surface area contributed by atoms with Crippen LogP contribution in [0.3, 0.4) is 0 Å². The number of hydrogen-bond donors (Lipinski definition) is 0. The lowest BCUT2D eigenvalue weighted by atomic mass is 10.0. The first kappa shape index (κ1) is 18.6. The van der Waals surface area contributed by atoms with Gasteiger partial charge in [0.25, 0.3) is 5.91 Å². The number of nitrogens with zero attached hydrogens (tertiary/aromatic N) is 3. The monoisotopic (exact) mass is 435 g/mol. The largest absolute Gasteiger partial charge is 0.330 e. The van der Waals surface area contributed by atoms with Gasteiger partial charge in [0.15, 0.2) is 0 Å². The van der Waals surface area contributed by atoms with Crippen molar-refractivity contribution in [3.63, 3.8) is 0 Å². The molecule has 134 valence electrons. The fraction of sp³-hybridized carbons (Fsp3) is 0.158. The molecule has 0 fully saturated rings. The van der Waals surface area contributed by atoms with Crippen molar-refractivity contribution in [1.82, 2.24) is 14.5 Å². The van der Waals surface area contributed by atoms with E-state index in [0.717, 1.165) is 21.3 Å². The Morgan fingerprint density at radius 3 is 2.77 bits per heavy atom. The van der Waals surface area contributed by atoms with Gasteiger partial charge in [-0.3, -0.25) is 4.79 Å². The van der Waals surface area contributed by atoms with Gasteiger partial charge in [-0.2, -0.15) is 0 Å². The molecule has 4 nitrogen and oxygen atoms in total. The van der Waals surface area contributed by atoms with Crippen molar-refractivity contribution in [2.75, 3.05) is 0 Å². The van der Waals surface area contributed by atoms with Crippen molar-refractivity contribution in [2.45, 2.75) is 19.1 Å². The van der Waals surface area contributed by atoms with Crippen LogP contribution in [-0.2, 0) is 17.9 Å². The summed E-state index contributed by atoms with van der Waals surface area (Å²) in [6.45, 7) is 0.826. The summed E-state index contributed by atoms with van der Waals surface area (Å²) in [6, 6.07) is 13.6. The van der Waals surface area contributed by atoms with Crippen LogP contribution in [0.4, 0.5) is 4.39 Å². The number of hydrogen-bond acceptors (Lipinski definition) is 2. The molecule has 1 unspecified atom stereocenters. The highest BCUT2D eigenvalue weighted by Crippen LogP contribution is 2.30. The Morgan fingerprint density at radius 2 is 2.00 bits per heavy atom. The average molecular weight is 437 g/mol. The molecular weight excluding hydrogens is 421 g/mol. The van der Waals surface area contributed by atoms with Gasteiger partial charge in [-0.15, -0.1) is 12.4 Å². The van der Waals surface area contributed by atoms with E-state index in [1.807, 2.05) is 34.9 Å². The minimum Gasteiger partial charge on any atom is -0.330 e. The zero-order chi connectivity index (χ0) is 17.4. The molecule has 1 amide bonds. The number of carbonyl (C=O) groups excluding carboxylic acids is 1. The minimum absolute atomic E-state index is 0. The van der Waals surface area contributed by atoms with Crippen molar-refractivity contribution < 1.29 is 9.18 Å². The second kappa shape index (κ2) is 7.60. The van der Waals surface area contributed by atoms with Crippen LogP contribution in [0.5, 0.6) is 0 Å². The average Bonchev–Trinajstić information content (AvgIpc) is 3.03. The standard InChI is InChI=1S/C19H15BrFN3O.ClH/c20-15-5-2-4-14(8-15)18-19(25)23(11-17-9-22-12-24(17)18)10-13-3-1-6-16(21)7-13;/h1-9,12,18H,10-11H2;1H. The molecule has 2 heterocycles. The predicted molar refractivity (Wildman–Crippen MR) is 102 cm³/mol. The molecule has 0 radical (unpaired) electrons. The first-order valence-corrected chi connectivity index (χ1v) is 8.70. The fourth-order valence-corrected chi connectivity index (χ4v) is 3.64. The summed E-state index contributed by atoms with van der Waals surface area (Å²) < 4.78 is 16.3. The molecule has 0 saturated heterocycles. The maximum Gasteiger partial charge on any atom is 0.250 e. The molecular formula is C19H16BrClFN3O. The van der Waals surface area contributed by atoms with Crippen LogP contribution in [-0.4, -0.2) is 20.4 Å². The van der Waals surface area contributed by atoms with E-state index in [1.165, 1.54) is 12.1 Å². The Bertz CT molecular complexity index is 946. The number of aromatic nitrogens is 2. The van der Waals surface area contributed by atoms with Crippen molar-refractivity contribution in [3.8, 4) is 0 Å². The van der Waals surface area contributed by atoms with Crippen LogP contribution in [0, 0.1) is 5.82 Å². The van der Waals surface area contributed by atoms with E-state index in [9.17, 15) is 9.18 Å². The van der Waals surface area contributed by atoms with E-state index >= 15 is 0 Å². The summed E-state index contributed by atoms with van der Waals surface area (Å²) in [6.07, 6.45) is 3.47. The minimum atomic E-state index is -0.461. The third kappa shape index (κ3) is 3.52. The van der Waals surface area contributed by atoms with E-state index in [4.69, 9.17) is 0 Å². The lowest BCUT2D eigenvalue weighted by Crippen LogP contribution is -2.42. The summed E-state index contributed by atoms with van der Waals surface area (Å²) in [4.78, 5) is 19.1. The number of halogens is 3.